The summed E-state index contributed by atoms with van der Waals surface area (Å²) >= 11 is 1.58. The van der Waals surface area contributed by atoms with E-state index in [1.807, 2.05) is 23.9 Å². The van der Waals surface area contributed by atoms with Crippen molar-refractivity contribution in [2.24, 2.45) is 7.05 Å². The van der Waals surface area contributed by atoms with Gasteiger partial charge >= 0.3 is 0 Å². The van der Waals surface area contributed by atoms with Crippen molar-refractivity contribution in [2.45, 2.75) is 35.9 Å². The highest BCUT2D eigenvalue weighted by atomic mass is 32.2. The number of nitrogens with zero attached hydrogens (tertiary/aromatic N) is 4. The number of nitrogens with one attached hydrogen (secondary N) is 1. The summed E-state index contributed by atoms with van der Waals surface area (Å²) in [7, 11) is 1.99. The first-order valence-electron chi connectivity index (χ1n) is 6.54. The Balaban J connectivity index is 1.88. The van der Waals surface area contributed by atoms with Crippen molar-refractivity contribution in [1.29, 1.82) is 0 Å². The van der Waals surface area contributed by atoms with Gasteiger partial charge in [0.05, 0.1) is 0 Å². The molecule has 5 nitrogen and oxygen atoms in total. The topological polar surface area (TPSA) is 55.6 Å². The highest BCUT2D eigenvalue weighted by Crippen LogP contribution is 2.39. The lowest BCUT2D eigenvalue weighted by Gasteiger charge is -2.08. The summed E-state index contributed by atoms with van der Waals surface area (Å²) in [5.41, 5.74) is 0. The van der Waals surface area contributed by atoms with Crippen LogP contribution in [0.1, 0.15) is 31.5 Å². The predicted molar refractivity (Wildman–Crippen MR) is 75.5 cm³/mol. The standard InChI is InChI=1S/C13H17N5S/c1-3-14-10-8-11(17-12(16-10)9-4-5-9)19-13-15-6-7-18(13)2/h6-9H,3-5H2,1-2H3,(H,14,16,17). The van der Waals surface area contributed by atoms with Gasteiger partial charge in [0.15, 0.2) is 5.16 Å². The molecule has 0 aliphatic heterocycles. The maximum atomic E-state index is 4.65. The van der Waals surface area contributed by atoms with Crippen molar-refractivity contribution in [3.8, 4) is 0 Å². The molecule has 1 aliphatic rings. The maximum Gasteiger partial charge on any atom is 0.174 e. The van der Waals surface area contributed by atoms with Gasteiger partial charge in [0, 0.05) is 38.0 Å². The van der Waals surface area contributed by atoms with Crippen LogP contribution < -0.4 is 5.32 Å². The molecule has 0 atom stereocenters. The zero-order valence-corrected chi connectivity index (χ0v) is 11.9. The highest BCUT2D eigenvalue weighted by molar-refractivity contribution is 7.99. The normalized spacial score (nSPS) is 14.6. The van der Waals surface area contributed by atoms with Gasteiger partial charge in [-0.1, -0.05) is 0 Å². The van der Waals surface area contributed by atoms with Crippen molar-refractivity contribution in [2.75, 3.05) is 11.9 Å². The molecule has 2 aromatic heterocycles. The lowest BCUT2D eigenvalue weighted by Crippen LogP contribution is -2.04. The Kier molecular flexibility index (Phi) is 3.42. The predicted octanol–water partition coefficient (Wildman–Crippen LogP) is 2.67. The third-order valence-corrected chi connectivity index (χ3v) is 3.99. The molecule has 0 radical (unpaired) electrons. The van der Waals surface area contributed by atoms with Crippen molar-refractivity contribution >= 4 is 17.6 Å². The van der Waals surface area contributed by atoms with Gasteiger partial charge in [0.1, 0.15) is 16.7 Å². The molecule has 1 N–H and O–H groups in total. The van der Waals surface area contributed by atoms with E-state index in [1.54, 1.807) is 18.0 Å². The average molecular weight is 275 g/mol. The van der Waals surface area contributed by atoms with Crippen LogP contribution in [0.5, 0.6) is 0 Å². The molecule has 19 heavy (non-hydrogen) atoms. The molecule has 0 saturated heterocycles. The van der Waals surface area contributed by atoms with Crippen LogP contribution in [0.15, 0.2) is 28.6 Å². The first-order chi connectivity index (χ1) is 9.26. The monoisotopic (exact) mass is 275 g/mol. The van der Waals surface area contributed by atoms with Gasteiger partial charge < -0.3 is 9.88 Å². The van der Waals surface area contributed by atoms with E-state index in [1.165, 1.54) is 12.8 Å². The van der Waals surface area contributed by atoms with Crippen LogP contribution in [0.2, 0.25) is 0 Å². The van der Waals surface area contributed by atoms with Gasteiger partial charge in [0.2, 0.25) is 0 Å². The lowest BCUT2D eigenvalue weighted by atomic mass is 10.4. The molecule has 2 heterocycles. The fourth-order valence-corrected chi connectivity index (χ4v) is 2.65. The number of aryl methyl sites for hydroxylation is 1. The van der Waals surface area contributed by atoms with Gasteiger partial charge in [0.25, 0.3) is 0 Å². The van der Waals surface area contributed by atoms with Crippen LogP contribution in [0.25, 0.3) is 0 Å². The second-order valence-electron chi connectivity index (χ2n) is 4.68. The smallest absolute Gasteiger partial charge is 0.174 e. The third kappa shape index (κ3) is 2.89. The number of anilines is 1. The first-order valence-corrected chi connectivity index (χ1v) is 7.36. The molecule has 1 aliphatic carbocycles. The summed E-state index contributed by atoms with van der Waals surface area (Å²) in [6.07, 6.45) is 6.16. The van der Waals surface area contributed by atoms with Crippen molar-refractivity contribution in [3.05, 3.63) is 24.3 Å². The van der Waals surface area contributed by atoms with Crippen molar-refractivity contribution < 1.29 is 0 Å². The van der Waals surface area contributed by atoms with Crippen LogP contribution >= 0.6 is 11.8 Å². The molecule has 0 bridgehead atoms. The van der Waals surface area contributed by atoms with Crippen LogP contribution in [0.4, 0.5) is 5.82 Å². The second-order valence-corrected chi connectivity index (χ2v) is 5.66. The second kappa shape index (κ2) is 5.21. The summed E-state index contributed by atoms with van der Waals surface area (Å²) in [4.78, 5) is 13.5. The van der Waals surface area contributed by atoms with E-state index in [2.05, 4.69) is 27.2 Å². The average Bonchev–Trinajstić information content (AvgIpc) is 3.16. The Morgan fingerprint density at radius 2 is 2.26 bits per heavy atom. The van der Waals surface area contributed by atoms with E-state index in [0.717, 1.165) is 28.4 Å². The number of hydrogen-bond donors (Lipinski definition) is 1. The zero-order valence-electron chi connectivity index (χ0n) is 11.1. The molecule has 3 rings (SSSR count). The number of aromatic nitrogens is 4. The molecule has 0 spiro atoms. The fourth-order valence-electron chi connectivity index (χ4n) is 1.83. The van der Waals surface area contributed by atoms with Gasteiger partial charge in [-0.05, 0) is 31.5 Å². The molecule has 100 valence electrons. The summed E-state index contributed by atoms with van der Waals surface area (Å²) < 4.78 is 2.00. The quantitative estimate of drug-likeness (QED) is 0.850. The minimum absolute atomic E-state index is 0.555. The van der Waals surface area contributed by atoms with E-state index >= 15 is 0 Å². The van der Waals surface area contributed by atoms with Crippen LogP contribution in [0.3, 0.4) is 0 Å². The lowest BCUT2D eigenvalue weighted by molar-refractivity contribution is 0.786. The van der Waals surface area contributed by atoms with Gasteiger partial charge in [-0.2, -0.15) is 0 Å². The molecular formula is C13H17N5S. The number of rotatable bonds is 5. The molecule has 1 fully saturated rings. The first kappa shape index (κ1) is 12.5. The Labute approximate surface area is 116 Å². The molecular weight excluding hydrogens is 258 g/mol. The van der Waals surface area contributed by atoms with E-state index in [0.29, 0.717) is 5.92 Å². The van der Waals surface area contributed by atoms with Gasteiger partial charge in [-0.3, -0.25) is 0 Å². The van der Waals surface area contributed by atoms with Crippen LogP contribution in [-0.2, 0) is 7.05 Å². The highest BCUT2D eigenvalue weighted by Gasteiger charge is 2.27. The Morgan fingerprint density at radius 1 is 1.42 bits per heavy atom. The van der Waals surface area contributed by atoms with Crippen LogP contribution in [0, 0.1) is 0 Å². The zero-order chi connectivity index (χ0) is 13.2. The molecule has 0 aromatic carbocycles. The van der Waals surface area contributed by atoms with Gasteiger partial charge in [-0.15, -0.1) is 0 Å². The molecule has 0 amide bonds. The molecule has 6 heteroatoms. The number of imidazole rings is 1. The fraction of sp³-hybridized carbons (Fsp3) is 0.462. The third-order valence-electron chi connectivity index (χ3n) is 2.99. The summed E-state index contributed by atoms with van der Waals surface area (Å²) in [5.74, 6) is 2.44. The molecule has 0 unspecified atom stereocenters. The molecule has 2 aromatic rings. The SMILES string of the molecule is CCNc1cc(Sc2nccn2C)nc(C2CC2)n1. The largest absolute Gasteiger partial charge is 0.370 e. The Morgan fingerprint density at radius 3 is 2.89 bits per heavy atom. The maximum absolute atomic E-state index is 4.65. The summed E-state index contributed by atoms with van der Waals surface area (Å²) in [6.45, 7) is 2.94. The summed E-state index contributed by atoms with van der Waals surface area (Å²) in [6, 6.07) is 1.99. The van der Waals surface area contributed by atoms with Crippen LogP contribution in [-0.4, -0.2) is 26.1 Å². The van der Waals surface area contributed by atoms with Crippen molar-refractivity contribution in [1.82, 2.24) is 19.5 Å². The molecule has 1 saturated carbocycles. The minimum atomic E-state index is 0.555. The minimum Gasteiger partial charge on any atom is -0.370 e. The van der Waals surface area contributed by atoms with Gasteiger partial charge in [-0.25, -0.2) is 15.0 Å². The summed E-state index contributed by atoms with van der Waals surface area (Å²) in [5, 5.41) is 5.18. The van der Waals surface area contributed by atoms with E-state index in [9.17, 15) is 0 Å². The Bertz CT molecular complexity index is 576. The Hall–Kier alpha value is -1.56. The van der Waals surface area contributed by atoms with E-state index < -0.39 is 0 Å². The van der Waals surface area contributed by atoms with E-state index in [-0.39, 0.29) is 0 Å². The van der Waals surface area contributed by atoms with Crippen molar-refractivity contribution in [3.63, 3.8) is 0 Å². The number of hydrogen-bond acceptors (Lipinski definition) is 5. The van der Waals surface area contributed by atoms with E-state index in [4.69, 9.17) is 0 Å².